The Bertz CT molecular complexity index is 725. The summed E-state index contributed by atoms with van der Waals surface area (Å²) in [5.74, 6) is -0.404. The molecule has 0 heterocycles. The summed E-state index contributed by atoms with van der Waals surface area (Å²) in [7, 11) is 0. The fourth-order valence-corrected chi connectivity index (χ4v) is 4.25. The highest BCUT2D eigenvalue weighted by atomic mass is 16.6. The minimum atomic E-state index is -0.495. The van der Waals surface area contributed by atoms with Gasteiger partial charge in [-0.25, -0.2) is 0 Å². The number of nitrogens with zero attached hydrogens (tertiary/aromatic N) is 1. The lowest BCUT2D eigenvalue weighted by molar-refractivity contribution is -0.384. The van der Waals surface area contributed by atoms with Gasteiger partial charge in [0.1, 0.15) is 11.9 Å². The number of ether oxygens (including phenoxy) is 2. The number of rotatable bonds is 15. The standard InChI is InChI=1S/C26H39NO6/c1-2-3-4-5-6-7-8-9-10-11-12-25(28)32-23-17-13-21(14-18-23)26(29)33-24-19-15-22(16-20-24)27(30)31/h15-16,19-21,23H,2-14,17-18H2,1H3. The van der Waals surface area contributed by atoms with Crippen LogP contribution >= 0.6 is 0 Å². The number of nitro benzene ring substituents is 1. The Morgan fingerprint density at radius 3 is 1.97 bits per heavy atom. The first-order valence-electron chi connectivity index (χ1n) is 12.6. The van der Waals surface area contributed by atoms with Gasteiger partial charge < -0.3 is 9.47 Å². The van der Waals surface area contributed by atoms with Crippen LogP contribution < -0.4 is 4.74 Å². The van der Waals surface area contributed by atoms with E-state index in [1.54, 1.807) is 0 Å². The van der Waals surface area contributed by atoms with Crippen molar-refractivity contribution in [3.63, 3.8) is 0 Å². The van der Waals surface area contributed by atoms with Gasteiger partial charge in [-0.05, 0) is 44.2 Å². The summed E-state index contributed by atoms with van der Waals surface area (Å²) in [5.41, 5.74) is -0.0464. The molecule has 1 aromatic carbocycles. The third kappa shape index (κ3) is 10.8. The molecule has 0 bridgehead atoms. The zero-order valence-electron chi connectivity index (χ0n) is 20.0. The number of unbranched alkanes of at least 4 members (excludes halogenated alkanes) is 9. The zero-order valence-corrected chi connectivity index (χ0v) is 20.0. The Labute approximate surface area is 197 Å². The number of hydrogen-bond donors (Lipinski definition) is 0. The molecule has 7 heteroatoms. The number of esters is 2. The topological polar surface area (TPSA) is 95.7 Å². The zero-order chi connectivity index (χ0) is 23.9. The highest BCUT2D eigenvalue weighted by Crippen LogP contribution is 2.28. The molecule has 1 aliphatic rings. The van der Waals surface area contributed by atoms with Gasteiger partial charge in [-0.1, -0.05) is 64.7 Å². The maximum Gasteiger partial charge on any atom is 0.314 e. The molecule has 1 aromatic rings. The number of carbonyl (C=O) groups is 2. The van der Waals surface area contributed by atoms with Crippen molar-refractivity contribution in [2.24, 2.45) is 5.92 Å². The second-order valence-corrected chi connectivity index (χ2v) is 9.07. The molecule has 0 amide bonds. The smallest absolute Gasteiger partial charge is 0.314 e. The summed E-state index contributed by atoms with van der Waals surface area (Å²) in [6.45, 7) is 2.23. The summed E-state index contributed by atoms with van der Waals surface area (Å²) in [4.78, 5) is 34.7. The van der Waals surface area contributed by atoms with Crippen LogP contribution in [0.4, 0.5) is 5.69 Å². The van der Waals surface area contributed by atoms with E-state index in [-0.39, 0.29) is 29.6 Å². The third-order valence-corrected chi connectivity index (χ3v) is 6.31. The Morgan fingerprint density at radius 1 is 0.879 bits per heavy atom. The molecule has 0 saturated heterocycles. The van der Waals surface area contributed by atoms with Crippen molar-refractivity contribution in [1.82, 2.24) is 0 Å². The van der Waals surface area contributed by atoms with Crippen LogP contribution in [0.5, 0.6) is 5.75 Å². The normalized spacial score (nSPS) is 18.0. The van der Waals surface area contributed by atoms with E-state index in [9.17, 15) is 19.7 Å². The number of carbonyl (C=O) groups excluding carboxylic acids is 2. The van der Waals surface area contributed by atoms with Crippen LogP contribution in [0.1, 0.15) is 103 Å². The SMILES string of the molecule is CCCCCCCCCCCCC(=O)OC1CCC(C(=O)Oc2ccc([N+](=O)[O-])cc2)CC1. The molecular weight excluding hydrogens is 422 g/mol. The first-order valence-corrected chi connectivity index (χ1v) is 12.6. The van der Waals surface area contributed by atoms with Crippen LogP contribution in [0.25, 0.3) is 0 Å². The van der Waals surface area contributed by atoms with Crippen molar-refractivity contribution in [3.8, 4) is 5.75 Å². The molecule has 2 rings (SSSR count). The number of benzene rings is 1. The van der Waals surface area contributed by atoms with Gasteiger partial charge in [-0.15, -0.1) is 0 Å². The second kappa shape index (κ2) is 15.4. The molecule has 33 heavy (non-hydrogen) atoms. The minimum Gasteiger partial charge on any atom is -0.462 e. The number of non-ortho nitro benzene ring substituents is 1. The second-order valence-electron chi connectivity index (χ2n) is 9.07. The van der Waals surface area contributed by atoms with Crippen molar-refractivity contribution in [1.29, 1.82) is 0 Å². The minimum absolute atomic E-state index is 0.0464. The summed E-state index contributed by atoms with van der Waals surface area (Å²) >= 11 is 0. The quantitative estimate of drug-likeness (QED) is 0.0925. The van der Waals surface area contributed by atoms with Crippen LogP contribution in [-0.4, -0.2) is 23.0 Å². The molecule has 0 radical (unpaired) electrons. The van der Waals surface area contributed by atoms with Crippen LogP contribution in [0.15, 0.2) is 24.3 Å². The molecule has 0 unspecified atom stereocenters. The monoisotopic (exact) mass is 461 g/mol. The van der Waals surface area contributed by atoms with Crippen LogP contribution in [-0.2, 0) is 14.3 Å². The highest BCUT2D eigenvalue weighted by molar-refractivity contribution is 5.75. The summed E-state index contributed by atoms with van der Waals surface area (Å²) < 4.78 is 11.0. The lowest BCUT2D eigenvalue weighted by Gasteiger charge is -2.27. The molecule has 1 saturated carbocycles. The molecule has 0 aromatic heterocycles. The maximum atomic E-state index is 12.4. The predicted molar refractivity (Wildman–Crippen MR) is 127 cm³/mol. The first-order chi connectivity index (χ1) is 16.0. The Kier molecular flexibility index (Phi) is 12.5. The van der Waals surface area contributed by atoms with Crippen molar-refractivity contribution in [2.45, 2.75) is 109 Å². The fraction of sp³-hybridized carbons (Fsp3) is 0.692. The van der Waals surface area contributed by atoms with Crippen molar-refractivity contribution < 1.29 is 24.0 Å². The van der Waals surface area contributed by atoms with E-state index in [0.717, 1.165) is 12.8 Å². The molecule has 0 aliphatic heterocycles. The molecule has 0 N–H and O–H groups in total. The molecular formula is C26H39NO6. The first kappa shape index (κ1) is 26.8. The van der Waals surface area contributed by atoms with E-state index in [2.05, 4.69) is 6.92 Å². The number of hydrogen-bond acceptors (Lipinski definition) is 6. The molecule has 184 valence electrons. The van der Waals surface area contributed by atoms with Gasteiger partial charge >= 0.3 is 11.9 Å². The van der Waals surface area contributed by atoms with Gasteiger partial charge in [0.15, 0.2) is 0 Å². The van der Waals surface area contributed by atoms with Crippen molar-refractivity contribution in [2.75, 3.05) is 0 Å². The molecule has 0 atom stereocenters. The molecule has 0 spiro atoms. The van der Waals surface area contributed by atoms with Crippen LogP contribution in [0.3, 0.4) is 0 Å². The van der Waals surface area contributed by atoms with Crippen LogP contribution in [0.2, 0.25) is 0 Å². The van der Waals surface area contributed by atoms with E-state index in [4.69, 9.17) is 9.47 Å². The average Bonchev–Trinajstić information content (AvgIpc) is 2.81. The van der Waals surface area contributed by atoms with Crippen molar-refractivity contribution >= 4 is 17.6 Å². The number of nitro groups is 1. The van der Waals surface area contributed by atoms with Gasteiger partial charge in [0.05, 0.1) is 10.8 Å². The van der Waals surface area contributed by atoms with E-state index in [1.807, 2.05) is 0 Å². The Balaban J connectivity index is 1.53. The van der Waals surface area contributed by atoms with E-state index < -0.39 is 4.92 Å². The highest BCUT2D eigenvalue weighted by Gasteiger charge is 2.29. The third-order valence-electron chi connectivity index (χ3n) is 6.31. The van der Waals surface area contributed by atoms with E-state index in [0.29, 0.717) is 37.9 Å². The molecule has 1 fully saturated rings. The van der Waals surface area contributed by atoms with Gasteiger partial charge in [-0.3, -0.25) is 19.7 Å². The summed E-state index contributed by atoms with van der Waals surface area (Å²) in [5, 5.41) is 10.7. The Morgan fingerprint density at radius 2 is 1.42 bits per heavy atom. The predicted octanol–water partition coefficient (Wildman–Crippen LogP) is 6.91. The lowest BCUT2D eigenvalue weighted by Crippen LogP contribution is -2.30. The van der Waals surface area contributed by atoms with Crippen molar-refractivity contribution in [3.05, 3.63) is 34.4 Å². The fourth-order valence-electron chi connectivity index (χ4n) is 4.25. The van der Waals surface area contributed by atoms with Crippen LogP contribution in [0, 0.1) is 16.0 Å². The maximum absolute atomic E-state index is 12.4. The van der Waals surface area contributed by atoms with Gasteiger partial charge in [0.2, 0.25) is 0 Å². The van der Waals surface area contributed by atoms with E-state index in [1.165, 1.54) is 75.6 Å². The largest absolute Gasteiger partial charge is 0.462 e. The summed E-state index contributed by atoms with van der Waals surface area (Å²) in [6, 6.07) is 5.48. The van der Waals surface area contributed by atoms with Gasteiger partial charge in [-0.2, -0.15) is 0 Å². The van der Waals surface area contributed by atoms with Gasteiger partial charge in [0, 0.05) is 18.6 Å². The van der Waals surface area contributed by atoms with Gasteiger partial charge in [0.25, 0.3) is 5.69 Å². The summed E-state index contributed by atoms with van der Waals surface area (Å²) in [6.07, 6.45) is 15.2. The average molecular weight is 462 g/mol. The lowest BCUT2D eigenvalue weighted by atomic mass is 9.87. The Hall–Kier alpha value is -2.44. The van der Waals surface area contributed by atoms with E-state index >= 15 is 0 Å². The molecule has 1 aliphatic carbocycles. The molecule has 7 nitrogen and oxygen atoms in total.